The van der Waals surface area contributed by atoms with Gasteiger partial charge in [-0.2, -0.15) is 5.10 Å². The molecule has 10 nitrogen and oxygen atoms in total. The first kappa shape index (κ1) is 23.4. The van der Waals surface area contributed by atoms with Crippen LogP contribution in [0.5, 0.6) is 0 Å². The number of nitrogens with zero attached hydrogens (tertiary/aromatic N) is 2. The monoisotopic (exact) mass is 468 g/mol. The molecule has 0 spiro atoms. The number of nitrogens with one attached hydrogen (secondary N) is 2. The van der Waals surface area contributed by atoms with Crippen LogP contribution in [0.4, 0.5) is 17.1 Å². The van der Waals surface area contributed by atoms with Gasteiger partial charge in [0, 0.05) is 12.1 Å². The number of anilines is 2. The Morgan fingerprint density at radius 3 is 2.48 bits per heavy atom. The van der Waals surface area contributed by atoms with Crippen LogP contribution in [0.2, 0.25) is 0 Å². The maximum absolute atomic E-state index is 13.1. The molecule has 0 aromatic heterocycles. The van der Waals surface area contributed by atoms with E-state index in [1.165, 1.54) is 36.5 Å². The van der Waals surface area contributed by atoms with Crippen LogP contribution in [-0.2, 0) is 10.0 Å². The standard InChI is InChI=1S/C22H20N4O6S/c1-14-7-8-15(2)16(11-14)13-23-24-20-10-9-17(26(29)30)12-21(20)33(31,32)25-19-6-4-3-5-18(19)22(27)28/h3-13,24-25H,1-2H3,(H,27,28). The van der Waals surface area contributed by atoms with Gasteiger partial charge in [-0.05, 0) is 43.2 Å². The predicted molar refractivity (Wildman–Crippen MR) is 124 cm³/mol. The Kier molecular flexibility index (Phi) is 6.73. The van der Waals surface area contributed by atoms with Gasteiger partial charge in [-0.3, -0.25) is 20.3 Å². The summed E-state index contributed by atoms with van der Waals surface area (Å²) in [4.78, 5) is 21.5. The van der Waals surface area contributed by atoms with Crippen LogP contribution in [0.25, 0.3) is 0 Å². The number of hydrazone groups is 1. The number of sulfonamides is 1. The van der Waals surface area contributed by atoms with E-state index in [4.69, 9.17) is 0 Å². The molecule has 11 heteroatoms. The van der Waals surface area contributed by atoms with Crippen molar-refractivity contribution in [3.05, 3.63) is 93.0 Å². The van der Waals surface area contributed by atoms with Crippen LogP contribution in [0, 0.1) is 24.0 Å². The van der Waals surface area contributed by atoms with Gasteiger partial charge in [0.05, 0.1) is 28.1 Å². The van der Waals surface area contributed by atoms with Gasteiger partial charge in [0.25, 0.3) is 15.7 Å². The Labute approximate surface area is 189 Å². The van der Waals surface area contributed by atoms with Crippen LogP contribution >= 0.6 is 0 Å². The third kappa shape index (κ3) is 5.52. The quantitative estimate of drug-likeness (QED) is 0.255. The van der Waals surface area contributed by atoms with Crippen molar-refractivity contribution in [2.24, 2.45) is 5.10 Å². The maximum atomic E-state index is 13.1. The van der Waals surface area contributed by atoms with Gasteiger partial charge in [0.15, 0.2) is 0 Å². The number of aromatic carboxylic acids is 1. The third-order valence-corrected chi connectivity index (χ3v) is 6.10. The molecule has 0 atom stereocenters. The number of carboxylic acids is 1. The number of hydrogen-bond acceptors (Lipinski definition) is 7. The maximum Gasteiger partial charge on any atom is 0.337 e. The molecule has 0 saturated carbocycles. The lowest BCUT2D eigenvalue weighted by Gasteiger charge is -2.13. The molecule has 0 aliphatic heterocycles. The number of non-ortho nitro benzene ring substituents is 1. The van der Waals surface area contributed by atoms with Crippen molar-refractivity contribution in [2.45, 2.75) is 18.7 Å². The van der Waals surface area contributed by atoms with E-state index in [0.29, 0.717) is 0 Å². The highest BCUT2D eigenvalue weighted by Gasteiger charge is 2.24. The van der Waals surface area contributed by atoms with Gasteiger partial charge >= 0.3 is 5.97 Å². The lowest BCUT2D eigenvalue weighted by molar-refractivity contribution is -0.385. The van der Waals surface area contributed by atoms with Crippen molar-refractivity contribution in [1.29, 1.82) is 0 Å². The smallest absolute Gasteiger partial charge is 0.337 e. The minimum atomic E-state index is -4.42. The predicted octanol–water partition coefficient (Wildman–Crippen LogP) is 4.16. The van der Waals surface area contributed by atoms with E-state index in [9.17, 15) is 28.4 Å². The van der Waals surface area contributed by atoms with E-state index in [1.807, 2.05) is 32.0 Å². The highest BCUT2D eigenvalue weighted by Crippen LogP contribution is 2.29. The fourth-order valence-corrected chi connectivity index (χ4v) is 4.22. The molecule has 3 N–H and O–H groups in total. The zero-order valence-corrected chi connectivity index (χ0v) is 18.5. The van der Waals surface area contributed by atoms with Gasteiger partial charge in [-0.25, -0.2) is 13.2 Å². The number of para-hydroxylation sites is 1. The Morgan fingerprint density at radius 2 is 1.79 bits per heavy atom. The Balaban J connectivity index is 2.00. The molecular weight excluding hydrogens is 448 g/mol. The first-order valence-electron chi connectivity index (χ1n) is 9.58. The van der Waals surface area contributed by atoms with Crippen molar-refractivity contribution in [2.75, 3.05) is 10.1 Å². The first-order chi connectivity index (χ1) is 15.6. The molecule has 0 fully saturated rings. The Hall–Kier alpha value is -4.25. The van der Waals surface area contributed by atoms with E-state index in [-0.39, 0.29) is 16.9 Å². The van der Waals surface area contributed by atoms with Crippen LogP contribution in [-0.4, -0.2) is 30.6 Å². The molecule has 0 unspecified atom stereocenters. The third-order valence-electron chi connectivity index (χ3n) is 4.69. The molecule has 3 rings (SSSR count). The average Bonchev–Trinajstić information content (AvgIpc) is 2.76. The van der Waals surface area contributed by atoms with Gasteiger partial charge in [-0.15, -0.1) is 0 Å². The summed E-state index contributed by atoms with van der Waals surface area (Å²) in [6.45, 7) is 3.82. The molecule has 33 heavy (non-hydrogen) atoms. The molecule has 0 radical (unpaired) electrons. The summed E-state index contributed by atoms with van der Waals surface area (Å²) in [5, 5.41) is 24.6. The molecule has 0 aliphatic carbocycles. The van der Waals surface area contributed by atoms with Crippen LogP contribution in [0.15, 0.2) is 70.7 Å². The normalized spacial score (nSPS) is 11.3. The minimum absolute atomic E-state index is 0.0255. The number of benzene rings is 3. The minimum Gasteiger partial charge on any atom is -0.478 e. The van der Waals surface area contributed by atoms with Crippen molar-refractivity contribution < 1.29 is 23.2 Å². The summed E-state index contributed by atoms with van der Waals surface area (Å²) in [5.74, 6) is -1.33. The summed E-state index contributed by atoms with van der Waals surface area (Å²) in [6, 6.07) is 14.4. The SMILES string of the molecule is Cc1ccc(C)c(C=NNc2ccc([N+](=O)[O-])cc2S(=O)(=O)Nc2ccccc2C(=O)O)c1. The molecular formula is C22H20N4O6S. The second kappa shape index (κ2) is 9.49. The van der Waals surface area contributed by atoms with Crippen LogP contribution in [0.3, 0.4) is 0 Å². The van der Waals surface area contributed by atoms with E-state index in [1.54, 1.807) is 0 Å². The number of hydrogen-bond donors (Lipinski definition) is 3. The summed E-state index contributed by atoms with van der Waals surface area (Å²) in [7, 11) is -4.42. The first-order valence-corrected chi connectivity index (χ1v) is 11.1. The Morgan fingerprint density at radius 1 is 1.06 bits per heavy atom. The molecule has 0 aliphatic rings. The second-order valence-electron chi connectivity index (χ2n) is 7.12. The molecule has 170 valence electrons. The van der Waals surface area contributed by atoms with E-state index in [0.717, 1.165) is 28.8 Å². The van der Waals surface area contributed by atoms with Crippen molar-refractivity contribution in [1.82, 2.24) is 0 Å². The van der Waals surface area contributed by atoms with E-state index >= 15 is 0 Å². The zero-order chi connectivity index (χ0) is 24.2. The summed E-state index contributed by atoms with van der Waals surface area (Å²) >= 11 is 0. The van der Waals surface area contributed by atoms with Gasteiger partial charge in [0.2, 0.25) is 0 Å². The van der Waals surface area contributed by atoms with Gasteiger partial charge < -0.3 is 5.11 Å². The molecule has 0 heterocycles. The van der Waals surface area contributed by atoms with E-state index in [2.05, 4.69) is 15.2 Å². The van der Waals surface area contributed by atoms with Crippen LogP contribution < -0.4 is 10.1 Å². The number of rotatable bonds is 8. The highest BCUT2D eigenvalue weighted by molar-refractivity contribution is 7.93. The number of carbonyl (C=O) groups is 1. The van der Waals surface area contributed by atoms with Gasteiger partial charge in [0.1, 0.15) is 4.90 Å². The fourth-order valence-electron chi connectivity index (χ4n) is 2.97. The lowest BCUT2D eigenvalue weighted by atomic mass is 10.1. The lowest BCUT2D eigenvalue weighted by Crippen LogP contribution is -2.17. The number of nitro groups is 1. The van der Waals surface area contributed by atoms with Crippen molar-refractivity contribution in [3.63, 3.8) is 0 Å². The number of carboxylic acid groups (broad SMARTS) is 1. The fraction of sp³-hybridized carbons (Fsp3) is 0.0909. The second-order valence-corrected chi connectivity index (χ2v) is 8.77. The summed E-state index contributed by atoms with van der Waals surface area (Å²) in [6.07, 6.45) is 1.51. The molecule has 3 aromatic carbocycles. The molecule has 0 amide bonds. The van der Waals surface area contributed by atoms with Crippen LogP contribution in [0.1, 0.15) is 27.0 Å². The topological polar surface area (TPSA) is 151 Å². The summed E-state index contributed by atoms with van der Waals surface area (Å²) < 4.78 is 28.4. The van der Waals surface area contributed by atoms with Crippen molar-refractivity contribution >= 4 is 39.3 Å². The van der Waals surface area contributed by atoms with Crippen molar-refractivity contribution in [3.8, 4) is 0 Å². The number of nitro benzene ring substituents is 1. The largest absolute Gasteiger partial charge is 0.478 e. The number of aryl methyl sites for hydroxylation is 2. The Bertz CT molecular complexity index is 1370. The van der Waals surface area contributed by atoms with E-state index < -0.39 is 31.5 Å². The molecule has 0 bridgehead atoms. The molecule has 3 aromatic rings. The molecule has 0 saturated heterocycles. The van der Waals surface area contributed by atoms with Gasteiger partial charge in [-0.1, -0.05) is 35.9 Å². The highest BCUT2D eigenvalue weighted by atomic mass is 32.2. The average molecular weight is 468 g/mol. The summed E-state index contributed by atoms with van der Waals surface area (Å²) in [5.41, 5.74) is 4.46. The zero-order valence-electron chi connectivity index (χ0n) is 17.6.